The Morgan fingerprint density at radius 1 is 1.12 bits per heavy atom. The molecule has 4 aromatic rings. The summed E-state index contributed by atoms with van der Waals surface area (Å²) >= 11 is 6.52. The number of amides is 1. The van der Waals surface area contributed by atoms with Gasteiger partial charge in [-0.25, -0.2) is 9.97 Å². The van der Waals surface area contributed by atoms with Gasteiger partial charge in [0, 0.05) is 55.1 Å². The first-order valence-corrected chi connectivity index (χ1v) is 14.2. The second-order valence-electron chi connectivity index (χ2n) is 10.6. The number of ether oxygens (including phenoxy) is 2. The molecule has 42 heavy (non-hydrogen) atoms. The fourth-order valence-corrected chi connectivity index (χ4v) is 5.57. The minimum atomic E-state index is -0.337. The van der Waals surface area contributed by atoms with Crippen molar-refractivity contribution < 1.29 is 14.3 Å². The summed E-state index contributed by atoms with van der Waals surface area (Å²) in [5.74, 6) is 1.30. The molecular weight excluding hydrogens is 554 g/mol. The van der Waals surface area contributed by atoms with E-state index in [0.717, 1.165) is 25.3 Å². The molecular formula is C31H32ClN7O3. The molecule has 0 bridgehead atoms. The number of rotatable bonds is 11. The normalized spacial score (nSPS) is 16.0. The monoisotopic (exact) mass is 585 g/mol. The van der Waals surface area contributed by atoms with Crippen LogP contribution in [0, 0.1) is 0 Å². The lowest BCUT2D eigenvalue weighted by atomic mass is 9.78. The van der Waals surface area contributed by atoms with E-state index in [-0.39, 0.29) is 5.91 Å². The van der Waals surface area contributed by atoms with E-state index >= 15 is 0 Å². The fraction of sp³-hybridized carbons (Fsp3) is 0.290. The number of pyridine rings is 1. The van der Waals surface area contributed by atoms with E-state index in [2.05, 4.69) is 49.0 Å². The lowest BCUT2D eigenvalue weighted by molar-refractivity contribution is -0.112. The van der Waals surface area contributed by atoms with Crippen molar-refractivity contribution in [2.24, 2.45) is 0 Å². The number of aromatic nitrogens is 3. The summed E-state index contributed by atoms with van der Waals surface area (Å²) < 4.78 is 12.0. The van der Waals surface area contributed by atoms with Crippen molar-refractivity contribution in [3.63, 3.8) is 0 Å². The maximum atomic E-state index is 12.3. The Morgan fingerprint density at radius 3 is 2.71 bits per heavy atom. The summed E-state index contributed by atoms with van der Waals surface area (Å²) in [7, 11) is 2.19. The van der Waals surface area contributed by atoms with Crippen LogP contribution in [0.25, 0.3) is 10.9 Å². The average molecular weight is 586 g/mol. The van der Waals surface area contributed by atoms with Crippen LogP contribution >= 0.6 is 11.6 Å². The molecule has 0 radical (unpaired) electrons. The van der Waals surface area contributed by atoms with Gasteiger partial charge >= 0.3 is 0 Å². The highest BCUT2D eigenvalue weighted by Gasteiger charge is 2.51. The van der Waals surface area contributed by atoms with E-state index in [1.54, 1.807) is 18.3 Å². The molecule has 2 N–H and O–H groups in total. The third-order valence-corrected chi connectivity index (χ3v) is 8.19. The van der Waals surface area contributed by atoms with Gasteiger partial charge in [-0.05, 0) is 55.9 Å². The number of hydrogen-bond donors (Lipinski definition) is 2. The van der Waals surface area contributed by atoms with Crippen molar-refractivity contribution in [1.82, 2.24) is 24.8 Å². The molecule has 0 unspecified atom stereocenters. The van der Waals surface area contributed by atoms with Crippen LogP contribution in [0.2, 0.25) is 5.02 Å². The summed E-state index contributed by atoms with van der Waals surface area (Å²) in [6, 6.07) is 14.7. The largest absolute Gasteiger partial charge is 0.490 e. The SMILES string of the molecule is C=CC(=O)Nc1cc2c(Nc3ccc(OCc4ccccn4)c(Cl)c3)ncnc2cc1OCCN1CC2(CCN2C)C1. The molecule has 216 valence electrons. The van der Waals surface area contributed by atoms with Gasteiger partial charge in [0.2, 0.25) is 5.91 Å². The number of nitrogens with one attached hydrogen (secondary N) is 2. The first kappa shape index (κ1) is 27.9. The maximum Gasteiger partial charge on any atom is 0.247 e. The number of carbonyl (C=O) groups excluding carboxylic acids is 1. The Hall–Kier alpha value is -4.25. The van der Waals surface area contributed by atoms with Crippen molar-refractivity contribution in [1.29, 1.82) is 0 Å². The van der Waals surface area contributed by atoms with E-state index in [1.165, 1.54) is 25.4 Å². The van der Waals surface area contributed by atoms with Gasteiger partial charge in [0.05, 0.1) is 21.9 Å². The molecule has 0 aliphatic carbocycles. The summed E-state index contributed by atoms with van der Waals surface area (Å²) in [5, 5.41) is 7.32. The van der Waals surface area contributed by atoms with Crippen LogP contribution in [-0.4, -0.2) is 76.0 Å². The van der Waals surface area contributed by atoms with Gasteiger partial charge in [-0.1, -0.05) is 24.2 Å². The van der Waals surface area contributed by atoms with Crippen LogP contribution in [0.15, 0.2) is 73.7 Å². The number of fused-ring (bicyclic) bond motifs is 1. The van der Waals surface area contributed by atoms with Crippen molar-refractivity contribution in [2.75, 3.05) is 50.5 Å². The molecule has 2 aromatic heterocycles. The van der Waals surface area contributed by atoms with Crippen LogP contribution in [0.5, 0.6) is 11.5 Å². The molecule has 1 amide bonds. The van der Waals surface area contributed by atoms with Gasteiger partial charge in [-0.2, -0.15) is 0 Å². The highest BCUT2D eigenvalue weighted by molar-refractivity contribution is 6.32. The topological polar surface area (TPSA) is 105 Å². The molecule has 2 fully saturated rings. The number of halogens is 1. The number of likely N-dealkylation sites (N-methyl/N-ethyl adjacent to an activating group) is 1. The zero-order valence-corrected chi connectivity index (χ0v) is 24.1. The standard InChI is InChI=1S/C31H32ClN7O3/c1-3-29(40)37-26-15-23-25(16-28(26)41-13-12-39-18-31(19-39)9-11-38(31)2)34-20-35-30(23)36-21-7-8-27(24(32)14-21)42-17-22-6-4-5-10-33-22/h3-8,10,14-16,20H,1,9,11-13,17-19H2,2H3,(H,37,40)(H,34,35,36). The van der Waals surface area contributed by atoms with Gasteiger partial charge in [-0.3, -0.25) is 19.6 Å². The van der Waals surface area contributed by atoms with Crippen LogP contribution < -0.4 is 20.1 Å². The van der Waals surface area contributed by atoms with E-state index in [1.807, 2.05) is 36.4 Å². The summed E-state index contributed by atoms with van der Waals surface area (Å²) in [6.45, 7) is 8.49. The third-order valence-electron chi connectivity index (χ3n) is 7.90. The van der Waals surface area contributed by atoms with Crippen LogP contribution in [-0.2, 0) is 11.4 Å². The molecule has 11 heteroatoms. The minimum Gasteiger partial charge on any atom is -0.490 e. The molecule has 0 atom stereocenters. The first-order valence-electron chi connectivity index (χ1n) is 13.8. The Balaban J connectivity index is 1.17. The van der Waals surface area contributed by atoms with Crippen molar-refractivity contribution in [3.8, 4) is 11.5 Å². The highest BCUT2D eigenvalue weighted by Crippen LogP contribution is 2.38. The molecule has 4 heterocycles. The maximum absolute atomic E-state index is 12.3. The van der Waals surface area contributed by atoms with Crippen LogP contribution in [0.4, 0.5) is 17.2 Å². The predicted molar refractivity (Wildman–Crippen MR) is 164 cm³/mol. The molecule has 2 aliphatic rings. The van der Waals surface area contributed by atoms with Crippen LogP contribution in [0.3, 0.4) is 0 Å². The molecule has 1 spiro atoms. The first-order chi connectivity index (χ1) is 20.4. The lowest BCUT2D eigenvalue weighted by Crippen LogP contribution is -2.75. The predicted octanol–water partition coefficient (Wildman–Crippen LogP) is 4.89. The van der Waals surface area contributed by atoms with Crippen molar-refractivity contribution in [3.05, 3.63) is 84.4 Å². The highest BCUT2D eigenvalue weighted by atomic mass is 35.5. The van der Waals surface area contributed by atoms with E-state index in [0.29, 0.717) is 63.4 Å². The summed E-state index contributed by atoms with van der Waals surface area (Å²) in [5.41, 5.74) is 3.07. The Kier molecular flexibility index (Phi) is 7.92. The van der Waals surface area contributed by atoms with E-state index < -0.39 is 0 Å². The lowest BCUT2D eigenvalue weighted by Gasteiger charge is -2.61. The minimum absolute atomic E-state index is 0.309. The Morgan fingerprint density at radius 2 is 2.00 bits per heavy atom. The van der Waals surface area contributed by atoms with Crippen molar-refractivity contribution in [2.45, 2.75) is 18.6 Å². The van der Waals surface area contributed by atoms with Gasteiger partial charge in [-0.15, -0.1) is 0 Å². The Labute approximate surface area is 249 Å². The quantitative estimate of drug-likeness (QED) is 0.238. The zero-order chi connectivity index (χ0) is 29.1. The summed E-state index contributed by atoms with van der Waals surface area (Å²) in [4.78, 5) is 30.3. The number of hydrogen-bond acceptors (Lipinski definition) is 9. The summed E-state index contributed by atoms with van der Waals surface area (Å²) in [6.07, 6.45) is 5.69. The van der Waals surface area contributed by atoms with Crippen molar-refractivity contribution >= 4 is 45.6 Å². The Bertz CT molecular complexity index is 1610. The molecule has 2 aromatic carbocycles. The smallest absolute Gasteiger partial charge is 0.247 e. The zero-order valence-electron chi connectivity index (χ0n) is 23.3. The van der Waals surface area contributed by atoms with E-state index in [9.17, 15) is 4.79 Å². The van der Waals surface area contributed by atoms with Gasteiger partial charge in [0.25, 0.3) is 0 Å². The molecule has 6 rings (SSSR count). The number of benzene rings is 2. The molecule has 2 saturated heterocycles. The number of nitrogens with zero attached hydrogens (tertiary/aromatic N) is 5. The number of carbonyl (C=O) groups is 1. The van der Waals surface area contributed by atoms with Crippen LogP contribution in [0.1, 0.15) is 12.1 Å². The second kappa shape index (κ2) is 11.9. The third kappa shape index (κ3) is 5.87. The van der Waals surface area contributed by atoms with Gasteiger partial charge < -0.3 is 20.1 Å². The second-order valence-corrected chi connectivity index (χ2v) is 11.0. The number of anilines is 3. The molecule has 2 aliphatic heterocycles. The van der Waals surface area contributed by atoms with Gasteiger partial charge in [0.15, 0.2) is 0 Å². The number of likely N-dealkylation sites (tertiary alicyclic amines) is 2. The van der Waals surface area contributed by atoms with Gasteiger partial charge in [0.1, 0.15) is 36.9 Å². The van der Waals surface area contributed by atoms with E-state index in [4.69, 9.17) is 21.1 Å². The molecule has 0 saturated carbocycles. The molecule has 10 nitrogen and oxygen atoms in total. The fourth-order valence-electron chi connectivity index (χ4n) is 5.33. The average Bonchev–Trinajstić information content (AvgIpc) is 2.98.